The predicted octanol–water partition coefficient (Wildman–Crippen LogP) is 3.18. The van der Waals surface area contributed by atoms with Crippen molar-refractivity contribution in [3.05, 3.63) is 71.3 Å². The number of carbonyl (C=O) groups is 2. The van der Waals surface area contributed by atoms with Gasteiger partial charge in [0, 0.05) is 5.56 Å². The second-order valence-corrected chi connectivity index (χ2v) is 7.03. The van der Waals surface area contributed by atoms with Gasteiger partial charge < -0.3 is 20.3 Å². The number of carbonyl (C=O) groups excluding carboxylic acids is 2. The number of hydrogen-bond acceptors (Lipinski definition) is 4. The number of nitrogens with zero attached hydrogens (tertiary/aromatic N) is 2. The van der Waals surface area contributed by atoms with Crippen LogP contribution in [0.3, 0.4) is 0 Å². The van der Waals surface area contributed by atoms with E-state index in [-0.39, 0.29) is 5.71 Å². The lowest BCUT2D eigenvalue weighted by Crippen LogP contribution is -2.40. The topological polar surface area (TPSA) is 101 Å². The van der Waals surface area contributed by atoms with Gasteiger partial charge in [0.1, 0.15) is 11.4 Å². The van der Waals surface area contributed by atoms with Gasteiger partial charge in [0.05, 0.1) is 7.11 Å². The predicted molar refractivity (Wildman–Crippen MR) is 104 cm³/mol. The average molecular weight is 381 g/mol. The smallest absolute Gasteiger partial charge is 0.420 e. The molecule has 0 bridgehead atoms. The number of amides is 1. The molecule has 2 rings (SSSR count). The molecular formula is C21H23N3O4. The molecule has 0 radical (unpaired) electrons. The molecule has 1 atom stereocenters. The fraction of sp³-hybridized carbons (Fsp3) is 0.286. The summed E-state index contributed by atoms with van der Waals surface area (Å²) in [6.45, 7) is 5.11. The monoisotopic (exact) mass is 381 g/mol. The van der Waals surface area contributed by atoms with Crippen LogP contribution in [0.1, 0.15) is 42.7 Å². The van der Waals surface area contributed by atoms with Crippen LogP contribution in [0, 0.1) is 0 Å². The Kier molecular flexibility index (Phi) is 6.69. The van der Waals surface area contributed by atoms with Crippen LogP contribution in [0.25, 0.3) is 5.53 Å². The summed E-state index contributed by atoms with van der Waals surface area (Å²) >= 11 is 0. The molecular weight excluding hydrogens is 358 g/mol. The summed E-state index contributed by atoms with van der Waals surface area (Å²) in [6.07, 6.45) is 0. The van der Waals surface area contributed by atoms with Crippen LogP contribution in [0.2, 0.25) is 0 Å². The third kappa shape index (κ3) is 5.53. The molecule has 0 saturated carbocycles. The molecule has 0 saturated heterocycles. The first-order valence-electron chi connectivity index (χ1n) is 8.70. The number of benzene rings is 2. The Balaban J connectivity index is 2.35. The summed E-state index contributed by atoms with van der Waals surface area (Å²) in [7, 11) is 1.53. The van der Waals surface area contributed by atoms with Crippen molar-refractivity contribution in [1.82, 2.24) is 5.32 Å². The van der Waals surface area contributed by atoms with Crippen LogP contribution in [-0.2, 0) is 9.53 Å². The van der Waals surface area contributed by atoms with E-state index in [2.05, 4.69) is 10.1 Å². The molecule has 0 aliphatic heterocycles. The van der Waals surface area contributed by atoms with E-state index in [0.717, 1.165) is 0 Å². The zero-order valence-corrected chi connectivity index (χ0v) is 16.3. The first kappa shape index (κ1) is 20.9. The number of hydrogen-bond donors (Lipinski definition) is 1. The molecule has 0 unspecified atom stereocenters. The maximum Gasteiger partial charge on any atom is 0.420 e. The van der Waals surface area contributed by atoms with Gasteiger partial charge in [0.2, 0.25) is 0 Å². The number of nitrogens with one attached hydrogen (secondary N) is 1. The first-order chi connectivity index (χ1) is 13.2. The Morgan fingerprint density at radius 1 is 1.04 bits per heavy atom. The van der Waals surface area contributed by atoms with Crippen molar-refractivity contribution in [2.45, 2.75) is 32.4 Å². The summed E-state index contributed by atoms with van der Waals surface area (Å²) in [5.41, 5.74) is 9.33. The van der Waals surface area contributed by atoms with E-state index < -0.39 is 23.5 Å². The molecule has 0 aromatic heterocycles. The third-order valence-electron chi connectivity index (χ3n) is 3.75. The van der Waals surface area contributed by atoms with Crippen molar-refractivity contribution >= 4 is 17.6 Å². The summed E-state index contributed by atoms with van der Waals surface area (Å²) in [5, 5.41) is 2.73. The Morgan fingerprint density at radius 3 is 2.14 bits per heavy atom. The maximum atomic E-state index is 12.7. The Labute approximate surface area is 163 Å². The highest BCUT2D eigenvalue weighted by Gasteiger charge is 2.37. The van der Waals surface area contributed by atoms with E-state index in [1.165, 1.54) is 7.11 Å². The highest BCUT2D eigenvalue weighted by molar-refractivity contribution is 6.36. The standard InChI is InChI=1S/C21H23N3O4/c1-21(2,3)28-20(26)18(24-22)17(14-8-6-5-7-9-14)23-19(25)15-10-12-16(27-4)13-11-15/h5-13,17H,1-4H3,(H,23,25)/t17-/m0/s1. The Hall–Kier alpha value is -3.44. The molecule has 1 N–H and O–H groups in total. The van der Waals surface area contributed by atoms with E-state index in [4.69, 9.17) is 9.47 Å². The van der Waals surface area contributed by atoms with Crippen LogP contribution in [-0.4, -0.2) is 35.1 Å². The van der Waals surface area contributed by atoms with Crippen molar-refractivity contribution < 1.29 is 23.9 Å². The minimum absolute atomic E-state index is 0.317. The number of methoxy groups -OCH3 is 1. The molecule has 0 fully saturated rings. The molecule has 2 aromatic rings. The van der Waals surface area contributed by atoms with Crippen molar-refractivity contribution in [3.63, 3.8) is 0 Å². The Bertz CT molecular complexity index is 880. The van der Waals surface area contributed by atoms with Gasteiger partial charge in [-0.1, -0.05) is 30.3 Å². The van der Waals surface area contributed by atoms with Crippen molar-refractivity contribution in [2.24, 2.45) is 0 Å². The van der Waals surface area contributed by atoms with Gasteiger partial charge >= 0.3 is 11.7 Å². The third-order valence-corrected chi connectivity index (χ3v) is 3.75. The molecule has 7 nitrogen and oxygen atoms in total. The molecule has 7 heteroatoms. The second kappa shape index (κ2) is 8.97. The van der Waals surface area contributed by atoms with Gasteiger partial charge in [-0.2, -0.15) is 4.79 Å². The molecule has 28 heavy (non-hydrogen) atoms. The number of esters is 1. The summed E-state index contributed by atoms with van der Waals surface area (Å²) < 4.78 is 10.4. The van der Waals surface area contributed by atoms with E-state index in [1.54, 1.807) is 75.4 Å². The van der Waals surface area contributed by atoms with E-state index in [9.17, 15) is 15.1 Å². The second-order valence-electron chi connectivity index (χ2n) is 7.03. The fourth-order valence-corrected chi connectivity index (χ4v) is 2.46. The molecule has 0 heterocycles. The van der Waals surface area contributed by atoms with Crippen molar-refractivity contribution in [3.8, 4) is 5.75 Å². The number of ether oxygens (including phenoxy) is 2. The average Bonchev–Trinajstić information content (AvgIpc) is 2.67. The SMILES string of the molecule is COc1ccc(C(=O)N[C@H](C(=[N+]=[N-])C(=O)OC(C)(C)C)c2ccccc2)cc1. The summed E-state index contributed by atoms with van der Waals surface area (Å²) in [6, 6.07) is 14.3. The summed E-state index contributed by atoms with van der Waals surface area (Å²) in [5.74, 6) is -0.650. The van der Waals surface area contributed by atoms with Crippen molar-refractivity contribution in [2.75, 3.05) is 7.11 Å². The minimum atomic E-state index is -0.990. The van der Waals surface area contributed by atoms with Gasteiger partial charge in [-0.05, 0) is 50.6 Å². The van der Waals surface area contributed by atoms with Gasteiger partial charge in [0.25, 0.3) is 5.91 Å². The molecule has 146 valence electrons. The van der Waals surface area contributed by atoms with Crippen molar-refractivity contribution in [1.29, 1.82) is 0 Å². The molecule has 1 amide bonds. The molecule has 0 aliphatic carbocycles. The van der Waals surface area contributed by atoms with Gasteiger partial charge in [-0.15, -0.1) is 0 Å². The van der Waals surface area contributed by atoms with Gasteiger partial charge in [-0.3, -0.25) is 4.79 Å². The zero-order chi connectivity index (χ0) is 20.7. The first-order valence-corrected chi connectivity index (χ1v) is 8.70. The largest absolute Gasteiger partial charge is 0.497 e. The van der Waals surface area contributed by atoms with E-state index in [1.807, 2.05) is 0 Å². The zero-order valence-electron chi connectivity index (χ0n) is 16.3. The Morgan fingerprint density at radius 2 is 1.64 bits per heavy atom. The van der Waals surface area contributed by atoms with Crippen LogP contribution in [0.15, 0.2) is 54.6 Å². The van der Waals surface area contributed by atoms with Gasteiger partial charge in [-0.25, -0.2) is 4.79 Å². The normalized spacial score (nSPS) is 11.7. The maximum absolute atomic E-state index is 12.7. The number of rotatable bonds is 6. The van der Waals surface area contributed by atoms with Crippen LogP contribution in [0.4, 0.5) is 0 Å². The highest BCUT2D eigenvalue weighted by Crippen LogP contribution is 2.19. The minimum Gasteiger partial charge on any atom is -0.497 e. The quantitative estimate of drug-likeness (QED) is 0.359. The highest BCUT2D eigenvalue weighted by atomic mass is 16.6. The lowest BCUT2D eigenvalue weighted by Gasteiger charge is -2.20. The van der Waals surface area contributed by atoms with Crippen LogP contribution < -0.4 is 10.1 Å². The lowest BCUT2D eigenvalue weighted by molar-refractivity contribution is -0.151. The van der Waals surface area contributed by atoms with E-state index in [0.29, 0.717) is 16.9 Å². The van der Waals surface area contributed by atoms with E-state index >= 15 is 0 Å². The summed E-state index contributed by atoms with van der Waals surface area (Å²) in [4.78, 5) is 28.4. The molecule has 2 aromatic carbocycles. The lowest BCUT2D eigenvalue weighted by atomic mass is 10.0. The van der Waals surface area contributed by atoms with Crippen LogP contribution in [0.5, 0.6) is 5.75 Å². The van der Waals surface area contributed by atoms with Gasteiger partial charge in [0.15, 0.2) is 6.04 Å². The fourth-order valence-electron chi connectivity index (χ4n) is 2.46. The molecule has 0 aliphatic rings. The molecule has 0 spiro atoms. The van der Waals surface area contributed by atoms with Crippen LogP contribution >= 0.6 is 0 Å².